The van der Waals surface area contributed by atoms with Crippen molar-refractivity contribution in [2.45, 2.75) is 24.4 Å². The van der Waals surface area contributed by atoms with Crippen LogP contribution in [-0.2, 0) is 10.2 Å². The van der Waals surface area contributed by atoms with Gasteiger partial charge >= 0.3 is 0 Å². The van der Waals surface area contributed by atoms with E-state index in [1.807, 2.05) is 0 Å². The Hall–Kier alpha value is -1.73. The monoisotopic (exact) mass is 453 g/mol. The van der Waals surface area contributed by atoms with Crippen molar-refractivity contribution >= 4 is 34.1 Å². The van der Waals surface area contributed by atoms with E-state index in [1.54, 1.807) is 24.3 Å². The number of rotatable bonds is 6. The number of piperidine rings is 1. The van der Waals surface area contributed by atoms with Crippen molar-refractivity contribution in [2.24, 2.45) is 0 Å². The molecular weight excluding hydrogens is 431 g/mol. The van der Waals surface area contributed by atoms with Crippen LogP contribution in [0.3, 0.4) is 0 Å². The SMILES string of the molecule is CN1CCC(CO[C@H](CF)c2cc(Cl)cc3c(Cl)[nH]nc23)(c2ccc(F)cc2)CC1. The maximum atomic E-state index is 14.1. The van der Waals surface area contributed by atoms with Crippen LogP contribution in [0.1, 0.15) is 30.1 Å². The van der Waals surface area contributed by atoms with Gasteiger partial charge in [-0.2, -0.15) is 5.10 Å². The first-order valence-electron chi connectivity index (χ1n) is 9.87. The van der Waals surface area contributed by atoms with E-state index in [4.69, 9.17) is 27.9 Å². The Bertz CT molecular complexity index is 1020. The van der Waals surface area contributed by atoms with E-state index in [2.05, 4.69) is 22.1 Å². The average Bonchev–Trinajstić information content (AvgIpc) is 3.11. The van der Waals surface area contributed by atoms with Gasteiger partial charge in [-0.15, -0.1) is 0 Å². The van der Waals surface area contributed by atoms with Crippen molar-refractivity contribution in [3.05, 3.63) is 63.5 Å². The number of hydrogen-bond acceptors (Lipinski definition) is 3. The van der Waals surface area contributed by atoms with Gasteiger partial charge in [-0.25, -0.2) is 8.78 Å². The minimum atomic E-state index is -0.831. The first kappa shape index (κ1) is 21.5. The molecule has 0 saturated carbocycles. The molecule has 2 aromatic carbocycles. The molecule has 1 aliphatic heterocycles. The lowest BCUT2D eigenvalue weighted by Crippen LogP contribution is -2.44. The summed E-state index contributed by atoms with van der Waals surface area (Å²) in [6, 6.07) is 9.91. The number of fused-ring (bicyclic) bond motifs is 1. The second kappa shape index (κ2) is 8.79. The fraction of sp³-hybridized carbons (Fsp3) is 0.409. The van der Waals surface area contributed by atoms with Crippen LogP contribution < -0.4 is 0 Å². The highest BCUT2D eigenvalue weighted by molar-refractivity contribution is 6.36. The fourth-order valence-electron chi connectivity index (χ4n) is 4.17. The van der Waals surface area contributed by atoms with Gasteiger partial charge in [0.25, 0.3) is 0 Å². The third-order valence-corrected chi connectivity index (χ3v) is 6.56. The van der Waals surface area contributed by atoms with Gasteiger partial charge in [0.05, 0.1) is 12.1 Å². The molecule has 0 bridgehead atoms. The Labute approximate surface area is 184 Å². The smallest absolute Gasteiger partial charge is 0.132 e. The van der Waals surface area contributed by atoms with Crippen LogP contribution in [0.2, 0.25) is 10.2 Å². The number of hydrogen-bond donors (Lipinski definition) is 1. The molecule has 0 amide bonds. The normalized spacial score (nSPS) is 18.0. The molecule has 1 aromatic heterocycles. The van der Waals surface area contributed by atoms with Crippen molar-refractivity contribution < 1.29 is 13.5 Å². The third-order valence-electron chi connectivity index (χ3n) is 6.06. The topological polar surface area (TPSA) is 41.1 Å². The van der Waals surface area contributed by atoms with Gasteiger partial charge in [-0.05, 0) is 62.8 Å². The largest absolute Gasteiger partial charge is 0.370 e. The number of likely N-dealkylation sites (tertiary alicyclic amines) is 1. The molecule has 3 aromatic rings. The number of benzene rings is 2. The highest BCUT2D eigenvalue weighted by atomic mass is 35.5. The Kier molecular flexibility index (Phi) is 6.30. The molecule has 30 heavy (non-hydrogen) atoms. The number of aromatic amines is 1. The first-order chi connectivity index (χ1) is 14.4. The van der Waals surface area contributed by atoms with Crippen LogP contribution in [0.25, 0.3) is 10.9 Å². The van der Waals surface area contributed by atoms with Gasteiger partial charge in [0.2, 0.25) is 0 Å². The molecule has 1 N–H and O–H groups in total. The number of halogens is 4. The number of nitrogens with zero attached hydrogens (tertiary/aromatic N) is 2. The number of nitrogens with one attached hydrogen (secondary N) is 1. The summed E-state index contributed by atoms with van der Waals surface area (Å²) in [4.78, 5) is 2.25. The highest BCUT2D eigenvalue weighted by Crippen LogP contribution is 2.38. The van der Waals surface area contributed by atoms with E-state index in [1.165, 1.54) is 12.1 Å². The summed E-state index contributed by atoms with van der Waals surface area (Å²) < 4.78 is 33.8. The lowest BCUT2D eigenvalue weighted by Gasteiger charge is -2.41. The standard InChI is InChI=1S/C22H23Cl2F2N3O/c1-29-8-6-22(7-9-29,14-2-4-16(26)5-3-14)13-30-19(12-25)17-10-15(23)11-18-20(17)27-28-21(18)24/h2-5,10-11,19H,6-9,12-13H2,1H3,(H,27,28)/t19-/m1/s1. The molecule has 1 saturated heterocycles. The minimum absolute atomic E-state index is 0.277. The predicted molar refractivity (Wildman–Crippen MR) is 116 cm³/mol. The van der Waals surface area contributed by atoms with Crippen LogP contribution in [0.5, 0.6) is 0 Å². The van der Waals surface area contributed by atoms with Crippen molar-refractivity contribution in [1.82, 2.24) is 15.1 Å². The zero-order chi connectivity index (χ0) is 21.3. The summed E-state index contributed by atoms with van der Waals surface area (Å²) >= 11 is 12.4. The Balaban J connectivity index is 1.63. The van der Waals surface area contributed by atoms with E-state index in [-0.39, 0.29) is 11.2 Å². The summed E-state index contributed by atoms with van der Waals surface area (Å²) in [7, 11) is 2.07. The molecule has 8 heteroatoms. The van der Waals surface area contributed by atoms with Gasteiger partial charge in [0.15, 0.2) is 0 Å². The van der Waals surface area contributed by atoms with Crippen molar-refractivity contribution in [3.8, 4) is 0 Å². The minimum Gasteiger partial charge on any atom is -0.370 e. The van der Waals surface area contributed by atoms with Crippen LogP contribution in [-0.4, -0.2) is 48.5 Å². The summed E-state index contributed by atoms with van der Waals surface area (Å²) in [5.74, 6) is -0.277. The van der Waals surface area contributed by atoms with Gasteiger partial charge < -0.3 is 9.64 Å². The summed E-state index contributed by atoms with van der Waals surface area (Å²) in [6.45, 7) is 1.36. The van der Waals surface area contributed by atoms with Crippen molar-refractivity contribution in [1.29, 1.82) is 0 Å². The Morgan fingerprint density at radius 1 is 1.20 bits per heavy atom. The van der Waals surface area contributed by atoms with Crippen molar-refractivity contribution in [2.75, 3.05) is 33.4 Å². The van der Waals surface area contributed by atoms with Crippen molar-refractivity contribution in [3.63, 3.8) is 0 Å². The average molecular weight is 454 g/mol. The fourth-order valence-corrected chi connectivity index (χ4v) is 4.58. The quantitative estimate of drug-likeness (QED) is 0.520. The second-order valence-electron chi connectivity index (χ2n) is 7.97. The molecule has 1 fully saturated rings. The van der Waals surface area contributed by atoms with E-state index < -0.39 is 12.8 Å². The summed E-state index contributed by atoms with van der Waals surface area (Å²) in [5.41, 5.74) is 1.81. The highest BCUT2D eigenvalue weighted by Gasteiger charge is 2.37. The number of ether oxygens (including phenoxy) is 1. The molecule has 4 rings (SSSR count). The molecule has 0 unspecified atom stereocenters. The van der Waals surface area contributed by atoms with Crippen LogP contribution >= 0.6 is 23.2 Å². The summed E-state index contributed by atoms with van der Waals surface area (Å²) in [6.07, 6.45) is 0.850. The van der Waals surface area contributed by atoms with E-state index >= 15 is 0 Å². The maximum Gasteiger partial charge on any atom is 0.132 e. The zero-order valence-electron chi connectivity index (χ0n) is 16.6. The number of aromatic nitrogens is 2. The number of alkyl halides is 1. The molecule has 0 aliphatic carbocycles. The van der Waals surface area contributed by atoms with Crippen LogP contribution in [0, 0.1) is 5.82 Å². The van der Waals surface area contributed by atoms with Gasteiger partial charge in [-0.3, -0.25) is 5.10 Å². The molecular formula is C22H23Cl2F2N3O. The Morgan fingerprint density at radius 3 is 2.57 bits per heavy atom. The maximum absolute atomic E-state index is 14.1. The zero-order valence-corrected chi connectivity index (χ0v) is 18.1. The van der Waals surface area contributed by atoms with Crippen LogP contribution in [0.4, 0.5) is 8.78 Å². The summed E-state index contributed by atoms with van der Waals surface area (Å²) in [5, 5.41) is 8.34. The van der Waals surface area contributed by atoms with Gasteiger partial charge in [-0.1, -0.05) is 35.3 Å². The predicted octanol–water partition coefficient (Wildman–Crippen LogP) is 5.70. The third kappa shape index (κ3) is 4.19. The molecule has 1 atom stereocenters. The second-order valence-corrected chi connectivity index (χ2v) is 8.79. The van der Waals surface area contributed by atoms with E-state index in [0.29, 0.717) is 33.2 Å². The number of H-pyrrole nitrogens is 1. The molecule has 1 aliphatic rings. The van der Waals surface area contributed by atoms with E-state index in [0.717, 1.165) is 31.5 Å². The van der Waals surface area contributed by atoms with Crippen LogP contribution in [0.15, 0.2) is 36.4 Å². The molecule has 4 nitrogen and oxygen atoms in total. The molecule has 0 radical (unpaired) electrons. The van der Waals surface area contributed by atoms with Gasteiger partial charge in [0.1, 0.15) is 23.7 Å². The molecule has 0 spiro atoms. The molecule has 2 heterocycles. The molecule has 160 valence electrons. The lowest BCUT2D eigenvalue weighted by atomic mass is 9.73. The first-order valence-corrected chi connectivity index (χ1v) is 10.6. The van der Waals surface area contributed by atoms with Gasteiger partial charge in [0, 0.05) is 21.4 Å². The Morgan fingerprint density at radius 2 is 1.90 bits per heavy atom. The lowest BCUT2D eigenvalue weighted by molar-refractivity contribution is -0.0123. The van der Waals surface area contributed by atoms with E-state index in [9.17, 15) is 8.78 Å².